The lowest BCUT2D eigenvalue weighted by Gasteiger charge is -2.07. The summed E-state index contributed by atoms with van der Waals surface area (Å²) in [6.45, 7) is 0.436. The SMILES string of the molecule is O=S(=O)(NCCSCc1cccs1)c1ccc2ccccc2c1. The number of hydrogen-bond donors (Lipinski definition) is 1. The molecule has 0 amide bonds. The van der Waals surface area contributed by atoms with Crippen molar-refractivity contribution in [1.29, 1.82) is 0 Å². The van der Waals surface area contributed by atoms with Crippen molar-refractivity contribution in [1.82, 2.24) is 4.72 Å². The summed E-state index contributed by atoms with van der Waals surface area (Å²) >= 11 is 3.46. The highest BCUT2D eigenvalue weighted by molar-refractivity contribution is 7.98. The first-order chi connectivity index (χ1) is 11.1. The van der Waals surface area contributed by atoms with Crippen molar-refractivity contribution in [2.45, 2.75) is 10.6 Å². The monoisotopic (exact) mass is 363 g/mol. The van der Waals surface area contributed by atoms with Crippen LogP contribution in [0.5, 0.6) is 0 Å². The van der Waals surface area contributed by atoms with E-state index < -0.39 is 10.0 Å². The maximum atomic E-state index is 12.3. The van der Waals surface area contributed by atoms with Gasteiger partial charge in [0.1, 0.15) is 0 Å². The zero-order valence-corrected chi connectivity index (χ0v) is 14.9. The molecule has 1 N–H and O–H groups in total. The third kappa shape index (κ3) is 4.35. The highest BCUT2D eigenvalue weighted by Crippen LogP contribution is 2.19. The quantitative estimate of drug-likeness (QED) is 0.643. The number of hydrogen-bond acceptors (Lipinski definition) is 4. The number of benzene rings is 2. The minimum absolute atomic E-state index is 0.319. The van der Waals surface area contributed by atoms with Gasteiger partial charge in [0, 0.05) is 22.9 Å². The number of thiophene rings is 1. The third-order valence-corrected chi connectivity index (χ3v) is 6.92. The molecule has 1 aromatic heterocycles. The Balaban J connectivity index is 1.57. The van der Waals surface area contributed by atoms with E-state index in [0.717, 1.165) is 22.3 Å². The van der Waals surface area contributed by atoms with Crippen molar-refractivity contribution in [2.24, 2.45) is 0 Å². The van der Waals surface area contributed by atoms with Crippen LogP contribution in [0.4, 0.5) is 0 Å². The molecule has 1 heterocycles. The number of rotatable bonds is 7. The van der Waals surface area contributed by atoms with Crippen LogP contribution in [0.15, 0.2) is 64.9 Å². The fourth-order valence-corrected chi connectivity index (χ4v) is 5.13. The molecule has 3 nitrogen and oxygen atoms in total. The van der Waals surface area contributed by atoms with E-state index in [4.69, 9.17) is 0 Å². The summed E-state index contributed by atoms with van der Waals surface area (Å²) in [5, 5.41) is 4.03. The van der Waals surface area contributed by atoms with Gasteiger partial charge in [0.15, 0.2) is 0 Å². The van der Waals surface area contributed by atoms with Crippen LogP contribution in [0, 0.1) is 0 Å². The molecule has 0 fully saturated rings. The molecule has 0 saturated heterocycles. The Bertz CT molecular complexity index is 874. The number of fused-ring (bicyclic) bond motifs is 1. The maximum absolute atomic E-state index is 12.3. The van der Waals surface area contributed by atoms with Crippen LogP contribution in [0.2, 0.25) is 0 Å². The van der Waals surface area contributed by atoms with Gasteiger partial charge in [-0.2, -0.15) is 11.8 Å². The Morgan fingerprint density at radius 2 is 1.83 bits per heavy atom. The Hall–Kier alpha value is -1.34. The average molecular weight is 364 g/mol. The number of nitrogens with one attached hydrogen (secondary N) is 1. The Morgan fingerprint density at radius 3 is 2.61 bits per heavy atom. The van der Waals surface area contributed by atoms with E-state index in [1.165, 1.54) is 4.88 Å². The molecular weight excluding hydrogens is 346 g/mol. The molecular formula is C17H17NO2S3. The normalized spacial score (nSPS) is 11.8. The van der Waals surface area contributed by atoms with Crippen LogP contribution in [0.3, 0.4) is 0 Å². The lowest BCUT2D eigenvalue weighted by molar-refractivity contribution is 0.584. The Labute approximate surface area is 144 Å². The van der Waals surface area contributed by atoms with Gasteiger partial charge >= 0.3 is 0 Å². The van der Waals surface area contributed by atoms with Crippen molar-refractivity contribution in [3.63, 3.8) is 0 Å². The van der Waals surface area contributed by atoms with Crippen molar-refractivity contribution in [2.75, 3.05) is 12.3 Å². The van der Waals surface area contributed by atoms with Crippen molar-refractivity contribution in [3.8, 4) is 0 Å². The largest absolute Gasteiger partial charge is 0.240 e. The number of sulfonamides is 1. The second-order valence-electron chi connectivity index (χ2n) is 5.04. The lowest BCUT2D eigenvalue weighted by atomic mass is 10.1. The minimum atomic E-state index is -3.45. The van der Waals surface area contributed by atoms with Crippen LogP contribution >= 0.6 is 23.1 Å². The van der Waals surface area contributed by atoms with E-state index in [2.05, 4.69) is 16.2 Å². The van der Waals surface area contributed by atoms with E-state index in [-0.39, 0.29) is 0 Å². The van der Waals surface area contributed by atoms with E-state index >= 15 is 0 Å². The molecule has 0 saturated carbocycles. The molecule has 0 bridgehead atoms. The van der Waals surface area contributed by atoms with Crippen LogP contribution in [0.1, 0.15) is 4.88 Å². The van der Waals surface area contributed by atoms with E-state index in [1.54, 1.807) is 35.2 Å². The topological polar surface area (TPSA) is 46.2 Å². The molecule has 0 spiro atoms. The first kappa shape index (κ1) is 16.5. The predicted octanol–water partition coefficient (Wildman–Crippen LogP) is 4.11. The van der Waals surface area contributed by atoms with Crippen LogP contribution in [-0.4, -0.2) is 20.7 Å². The fraction of sp³-hybridized carbons (Fsp3) is 0.176. The third-order valence-electron chi connectivity index (χ3n) is 3.39. The number of thioether (sulfide) groups is 1. The average Bonchev–Trinajstić information content (AvgIpc) is 3.07. The van der Waals surface area contributed by atoms with E-state index in [0.29, 0.717) is 11.4 Å². The van der Waals surface area contributed by atoms with Crippen LogP contribution in [-0.2, 0) is 15.8 Å². The Kier molecular flexibility index (Phi) is 5.38. The second-order valence-corrected chi connectivity index (χ2v) is 8.94. The molecule has 0 aliphatic heterocycles. The molecule has 0 unspecified atom stereocenters. The zero-order chi connectivity index (χ0) is 16.1. The summed E-state index contributed by atoms with van der Waals surface area (Å²) in [6.07, 6.45) is 0. The van der Waals surface area contributed by atoms with Gasteiger partial charge in [-0.3, -0.25) is 0 Å². The molecule has 120 valence electrons. The molecule has 6 heteroatoms. The van der Waals surface area contributed by atoms with E-state index in [1.807, 2.05) is 36.4 Å². The molecule has 3 rings (SSSR count). The first-order valence-electron chi connectivity index (χ1n) is 7.24. The first-order valence-corrected chi connectivity index (χ1v) is 10.8. The van der Waals surface area contributed by atoms with Gasteiger partial charge in [-0.1, -0.05) is 36.4 Å². The van der Waals surface area contributed by atoms with Gasteiger partial charge in [0.2, 0.25) is 10.0 Å². The van der Waals surface area contributed by atoms with Gasteiger partial charge in [-0.05, 0) is 34.4 Å². The Morgan fingerprint density at radius 1 is 1.00 bits per heavy atom. The summed E-state index contributed by atoms with van der Waals surface area (Å²) in [4.78, 5) is 1.63. The molecule has 0 aliphatic rings. The fourth-order valence-electron chi connectivity index (χ4n) is 2.23. The standard InChI is InChI=1S/C17H17NO2S3/c19-23(20,18-9-11-21-13-16-6-3-10-22-16)17-8-7-14-4-1-2-5-15(14)12-17/h1-8,10,12,18H,9,11,13H2. The van der Waals surface area contributed by atoms with Crippen molar-refractivity contribution >= 4 is 43.9 Å². The smallest absolute Gasteiger partial charge is 0.210 e. The summed E-state index contributed by atoms with van der Waals surface area (Å²) in [5.74, 6) is 1.68. The molecule has 3 aromatic rings. The van der Waals surface area contributed by atoms with Crippen molar-refractivity contribution in [3.05, 3.63) is 64.9 Å². The highest BCUT2D eigenvalue weighted by atomic mass is 32.2. The molecule has 0 atom stereocenters. The zero-order valence-electron chi connectivity index (χ0n) is 12.4. The maximum Gasteiger partial charge on any atom is 0.240 e. The summed E-state index contributed by atoms with van der Waals surface area (Å²) in [7, 11) is -3.45. The predicted molar refractivity (Wildman–Crippen MR) is 99.6 cm³/mol. The van der Waals surface area contributed by atoms with E-state index in [9.17, 15) is 8.42 Å². The lowest BCUT2D eigenvalue weighted by Crippen LogP contribution is -2.26. The second kappa shape index (κ2) is 7.49. The van der Waals surface area contributed by atoms with Crippen LogP contribution < -0.4 is 4.72 Å². The van der Waals surface area contributed by atoms with Gasteiger partial charge in [0.25, 0.3) is 0 Å². The van der Waals surface area contributed by atoms with Gasteiger partial charge in [-0.15, -0.1) is 11.3 Å². The molecule has 2 aromatic carbocycles. The molecule has 23 heavy (non-hydrogen) atoms. The summed E-state index contributed by atoms with van der Waals surface area (Å²) in [6, 6.07) is 17.1. The summed E-state index contributed by atoms with van der Waals surface area (Å²) < 4.78 is 27.4. The van der Waals surface area contributed by atoms with Crippen molar-refractivity contribution < 1.29 is 8.42 Å². The minimum Gasteiger partial charge on any atom is -0.210 e. The molecule has 0 aliphatic carbocycles. The van der Waals surface area contributed by atoms with Gasteiger partial charge in [-0.25, -0.2) is 13.1 Å². The highest BCUT2D eigenvalue weighted by Gasteiger charge is 2.13. The van der Waals surface area contributed by atoms with Gasteiger partial charge in [0.05, 0.1) is 4.90 Å². The molecule has 0 radical (unpaired) electrons. The summed E-state index contributed by atoms with van der Waals surface area (Å²) in [5.41, 5.74) is 0. The van der Waals surface area contributed by atoms with Gasteiger partial charge < -0.3 is 0 Å². The van der Waals surface area contributed by atoms with Crippen LogP contribution in [0.25, 0.3) is 10.8 Å².